The Labute approximate surface area is 148 Å². The van der Waals surface area contributed by atoms with Crippen LogP contribution in [0.2, 0.25) is 0 Å². The third kappa shape index (κ3) is 104. The molecule has 0 aliphatic carbocycles. The molecule has 0 aromatic rings. The van der Waals surface area contributed by atoms with Crippen LogP contribution in [0.4, 0.5) is 0 Å². The van der Waals surface area contributed by atoms with Gasteiger partial charge in [0.2, 0.25) is 0 Å². The quantitative estimate of drug-likeness (QED) is 0.615. The minimum absolute atomic E-state index is 0. The zero-order chi connectivity index (χ0) is 16.8. The standard InChI is InChI=1S/2C4H7O2.2C4H9.Sn/c2*1-2-3-4(5)6;2*1-3-4-2;/h2*2-3H2,1H3;2*1,3-4H2,2H3;. The van der Waals surface area contributed by atoms with Gasteiger partial charge in [0.15, 0.2) is 0 Å². The molecule has 0 amide bonds. The molecule has 0 saturated carbocycles. The van der Waals surface area contributed by atoms with E-state index in [1.807, 2.05) is 0 Å². The number of carbonyl (C=O) groups excluding carboxylic acids is 2. The van der Waals surface area contributed by atoms with E-state index >= 15 is 0 Å². The van der Waals surface area contributed by atoms with Gasteiger partial charge in [-0.3, -0.25) is 0 Å². The van der Waals surface area contributed by atoms with E-state index in [9.17, 15) is 19.8 Å². The first-order chi connectivity index (χ1) is 9.37. The van der Waals surface area contributed by atoms with Crippen molar-refractivity contribution in [3.05, 3.63) is 13.8 Å². The fourth-order valence-corrected chi connectivity index (χ4v) is 0.408. The first-order valence-corrected chi connectivity index (χ1v) is 7.35. The zero-order valence-corrected chi connectivity index (χ0v) is 17.1. The van der Waals surface area contributed by atoms with Crippen molar-refractivity contribution in [2.24, 2.45) is 0 Å². The molecule has 124 valence electrons. The summed E-state index contributed by atoms with van der Waals surface area (Å²) in [7, 11) is 0. The summed E-state index contributed by atoms with van der Waals surface area (Å²) >= 11 is 0. The van der Waals surface area contributed by atoms with Crippen LogP contribution >= 0.6 is 0 Å². The third-order valence-corrected chi connectivity index (χ3v) is 1.62. The summed E-state index contributed by atoms with van der Waals surface area (Å²) in [5.41, 5.74) is 0. The topological polar surface area (TPSA) is 73.9 Å². The second-order valence-electron chi connectivity index (χ2n) is 3.95. The van der Waals surface area contributed by atoms with Gasteiger partial charge in [0.1, 0.15) is 0 Å². The minimum Gasteiger partial charge on any atom is -0.247 e. The second-order valence-corrected chi connectivity index (χ2v) is 3.95. The van der Waals surface area contributed by atoms with E-state index in [1.165, 1.54) is 12.8 Å². The molecule has 0 aliphatic heterocycles. The molecular formula is C16H32O4Sn. The fraction of sp³-hybridized carbons (Fsp3) is 0.750. The van der Waals surface area contributed by atoms with Gasteiger partial charge < -0.3 is 0 Å². The third-order valence-electron chi connectivity index (χ3n) is 1.62. The maximum absolute atomic E-state index is 9.49. The van der Waals surface area contributed by atoms with Crippen LogP contribution in [-0.4, -0.2) is 35.8 Å². The molecule has 0 N–H and O–H groups in total. The molecule has 0 saturated heterocycles. The van der Waals surface area contributed by atoms with Crippen molar-refractivity contribution < 1.29 is 19.8 Å². The summed E-state index contributed by atoms with van der Waals surface area (Å²) in [5, 5.41) is 19.0. The molecule has 0 aliphatic rings. The van der Waals surface area contributed by atoms with Gasteiger partial charge in [-0.1, -0.05) is 67.2 Å². The van der Waals surface area contributed by atoms with Crippen molar-refractivity contribution in [3.63, 3.8) is 0 Å². The number of hydrogen-bond acceptors (Lipinski definition) is 2. The van der Waals surface area contributed by atoms with Crippen molar-refractivity contribution in [1.82, 2.24) is 0 Å². The van der Waals surface area contributed by atoms with Crippen molar-refractivity contribution in [2.75, 3.05) is 0 Å². The van der Waals surface area contributed by atoms with E-state index in [0.717, 1.165) is 12.8 Å². The van der Waals surface area contributed by atoms with E-state index < -0.39 is 11.9 Å². The predicted molar refractivity (Wildman–Crippen MR) is 87.5 cm³/mol. The molecule has 21 heavy (non-hydrogen) atoms. The molecule has 0 fully saturated rings. The van der Waals surface area contributed by atoms with E-state index in [-0.39, 0.29) is 36.7 Å². The first-order valence-electron chi connectivity index (χ1n) is 7.35. The molecule has 0 aromatic carbocycles. The van der Waals surface area contributed by atoms with Crippen LogP contribution in [0.1, 0.15) is 79.1 Å². The normalized spacial score (nSPS) is 7.52. The summed E-state index contributed by atoms with van der Waals surface area (Å²) in [5.74, 6) is -1.92. The van der Waals surface area contributed by atoms with E-state index in [0.29, 0.717) is 12.8 Å². The van der Waals surface area contributed by atoms with Crippen LogP contribution in [-0.2, 0) is 19.8 Å². The SMILES string of the molecule is CCCC([O])=O.CCCC([O])=O.[CH2]CCC.[CH2]CCC.[Sn]. The Kier molecular flexibility index (Phi) is 57.0. The van der Waals surface area contributed by atoms with Crippen LogP contribution in [0.5, 0.6) is 0 Å². The van der Waals surface area contributed by atoms with Gasteiger partial charge >= 0.3 is 11.9 Å². The Morgan fingerprint density at radius 2 is 0.857 bits per heavy atom. The van der Waals surface area contributed by atoms with Crippen LogP contribution < -0.4 is 0 Å². The van der Waals surface area contributed by atoms with Gasteiger partial charge in [-0.2, -0.15) is 0 Å². The Morgan fingerprint density at radius 3 is 0.857 bits per heavy atom. The van der Waals surface area contributed by atoms with Gasteiger partial charge in [0.25, 0.3) is 0 Å². The Hall–Kier alpha value is -0.261. The molecule has 5 heteroatoms. The smallest absolute Gasteiger partial charge is 0.247 e. The average Bonchev–Trinajstić information content (AvgIpc) is 2.39. The predicted octanol–water partition coefficient (Wildman–Crippen LogP) is 4.35. The average molecular weight is 407 g/mol. The van der Waals surface area contributed by atoms with Crippen LogP contribution in [0, 0.1) is 13.8 Å². The molecule has 4 nitrogen and oxygen atoms in total. The van der Waals surface area contributed by atoms with Gasteiger partial charge in [-0.05, 0) is 12.8 Å². The van der Waals surface area contributed by atoms with Crippen molar-refractivity contribution in [1.29, 1.82) is 0 Å². The Morgan fingerprint density at radius 1 is 0.667 bits per heavy atom. The molecule has 8 radical (unpaired) electrons. The van der Waals surface area contributed by atoms with E-state index in [4.69, 9.17) is 0 Å². The minimum atomic E-state index is -0.961. The second kappa shape index (κ2) is 36.7. The largest absolute Gasteiger partial charge is 0.355 e. The number of hydrogen-bond donors (Lipinski definition) is 0. The monoisotopic (exact) mass is 408 g/mol. The maximum atomic E-state index is 9.49. The summed E-state index contributed by atoms with van der Waals surface area (Å²) in [6, 6.07) is 0. The van der Waals surface area contributed by atoms with Gasteiger partial charge in [-0.25, -0.2) is 19.8 Å². The molecule has 0 spiro atoms. The van der Waals surface area contributed by atoms with Gasteiger partial charge in [0, 0.05) is 36.7 Å². The summed E-state index contributed by atoms with van der Waals surface area (Å²) in [6.45, 7) is 15.0. The summed E-state index contributed by atoms with van der Waals surface area (Å²) < 4.78 is 0. The molecule has 0 rings (SSSR count). The fourth-order valence-electron chi connectivity index (χ4n) is 0.408. The van der Waals surface area contributed by atoms with Crippen molar-refractivity contribution in [3.8, 4) is 0 Å². The van der Waals surface area contributed by atoms with E-state index in [1.54, 1.807) is 13.8 Å². The first kappa shape index (κ1) is 32.6. The van der Waals surface area contributed by atoms with Crippen LogP contribution in [0.15, 0.2) is 0 Å². The Balaban J connectivity index is -0.0000000544. The summed E-state index contributed by atoms with van der Waals surface area (Å²) in [6.07, 6.45) is 6.25. The number of carbonyl (C=O) groups is 2. The Bertz CT molecular complexity index is 161. The molecule has 0 aromatic heterocycles. The summed E-state index contributed by atoms with van der Waals surface area (Å²) in [4.78, 5) is 19.0. The molecule has 0 heterocycles. The zero-order valence-electron chi connectivity index (χ0n) is 14.2. The molecule has 0 unspecified atom stereocenters. The van der Waals surface area contributed by atoms with Crippen molar-refractivity contribution >= 4 is 35.8 Å². The van der Waals surface area contributed by atoms with Crippen LogP contribution in [0.25, 0.3) is 0 Å². The molecule has 0 bridgehead atoms. The van der Waals surface area contributed by atoms with Gasteiger partial charge in [0.05, 0.1) is 0 Å². The van der Waals surface area contributed by atoms with E-state index in [2.05, 4.69) is 27.7 Å². The number of rotatable bonds is 6. The molecular weight excluding hydrogens is 375 g/mol. The van der Waals surface area contributed by atoms with Crippen LogP contribution in [0.3, 0.4) is 0 Å². The van der Waals surface area contributed by atoms with Gasteiger partial charge in [-0.15, -0.1) is 0 Å². The molecule has 0 atom stereocenters. The number of unbranched alkanes of at least 4 members (excludes halogenated alkanes) is 2. The van der Waals surface area contributed by atoms with Crippen molar-refractivity contribution in [2.45, 2.75) is 79.1 Å². The maximum Gasteiger partial charge on any atom is 0.355 e.